The zero-order chi connectivity index (χ0) is 15.2. The Kier molecular flexibility index (Phi) is 5.47. The lowest BCUT2D eigenvalue weighted by Gasteiger charge is -2.13. The molecule has 1 aromatic heterocycles. The molecule has 0 amide bonds. The summed E-state index contributed by atoms with van der Waals surface area (Å²) in [5.74, 6) is 1.25. The van der Waals surface area contributed by atoms with Crippen LogP contribution in [0.4, 0.5) is 0 Å². The number of nitrogens with one attached hydrogen (secondary N) is 1. The molecule has 6 heteroatoms. The average Bonchev–Trinajstić information content (AvgIpc) is 2.87. The van der Waals surface area contributed by atoms with Crippen molar-refractivity contribution in [3.8, 4) is 11.5 Å². The van der Waals surface area contributed by atoms with E-state index in [0.29, 0.717) is 29.7 Å². The number of methoxy groups -OCH3 is 1. The Labute approximate surface area is 129 Å². The summed E-state index contributed by atoms with van der Waals surface area (Å²) >= 11 is 6.25. The number of hydrogen-bond donors (Lipinski definition) is 1. The van der Waals surface area contributed by atoms with Crippen molar-refractivity contribution in [1.82, 2.24) is 14.9 Å². The molecule has 0 aliphatic heterocycles. The van der Waals surface area contributed by atoms with Gasteiger partial charge < -0.3 is 19.4 Å². The third-order valence-electron chi connectivity index (χ3n) is 3.13. The van der Waals surface area contributed by atoms with E-state index in [4.69, 9.17) is 21.1 Å². The lowest BCUT2D eigenvalue weighted by molar-refractivity contribution is 0.311. The van der Waals surface area contributed by atoms with E-state index in [2.05, 4.69) is 10.3 Å². The van der Waals surface area contributed by atoms with E-state index in [1.54, 1.807) is 13.4 Å². The highest BCUT2D eigenvalue weighted by molar-refractivity contribution is 6.32. The van der Waals surface area contributed by atoms with Gasteiger partial charge in [-0.3, -0.25) is 0 Å². The van der Waals surface area contributed by atoms with Crippen molar-refractivity contribution in [2.75, 3.05) is 13.7 Å². The van der Waals surface area contributed by atoms with Crippen molar-refractivity contribution in [3.63, 3.8) is 0 Å². The molecular formula is C15H20ClN3O2. The molecule has 0 atom stereocenters. The van der Waals surface area contributed by atoms with Crippen LogP contribution in [0.15, 0.2) is 24.7 Å². The quantitative estimate of drug-likeness (QED) is 0.854. The molecule has 0 saturated carbocycles. The SMILES string of the molecule is CCOc1c(Cl)cc(CNCc2cncn2C)cc1OC. The fourth-order valence-electron chi connectivity index (χ4n) is 2.05. The normalized spacial score (nSPS) is 10.7. The maximum Gasteiger partial charge on any atom is 0.179 e. The lowest BCUT2D eigenvalue weighted by atomic mass is 10.2. The van der Waals surface area contributed by atoms with E-state index in [1.165, 1.54) is 0 Å². The Morgan fingerprint density at radius 1 is 1.33 bits per heavy atom. The highest BCUT2D eigenvalue weighted by Gasteiger charge is 2.11. The first kappa shape index (κ1) is 15.7. The minimum atomic E-state index is 0.550. The van der Waals surface area contributed by atoms with Crippen LogP contribution >= 0.6 is 11.6 Å². The molecule has 2 aromatic rings. The van der Waals surface area contributed by atoms with Crippen LogP contribution < -0.4 is 14.8 Å². The van der Waals surface area contributed by atoms with E-state index in [0.717, 1.165) is 17.8 Å². The van der Waals surface area contributed by atoms with Gasteiger partial charge in [0.1, 0.15) is 0 Å². The van der Waals surface area contributed by atoms with E-state index in [9.17, 15) is 0 Å². The first-order chi connectivity index (χ1) is 10.2. The average molecular weight is 310 g/mol. The molecule has 2 rings (SSSR count). The molecule has 0 fully saturated rings. The number of aromatic nitrogens is 2. The van der Waals surface area contributed by atoms with Crippen LogP contribution in [0.3, 0.4) is 0 Å². The Hall–Kier alpha value is -1.72. The third kappa shape index (κ3) is 3.89. The van der Waals surface area contributed by atoms with E-state index >= 15 is 0 Å². The van der Waals surface area contributed by atoms with Crippen LogP contribution in [-0.2, 0) is 20.1 Å². The third-order valence-corrected chi connectivity index (χ3v) is 3.41. The van der Waals surface area contributed by atoms with Gasteiger partial charge in [-0.2, -0.15) is 0 Å². The summed E-state index contributed by atoms with van der Waals surface area (Å²) in [5, 5.41) is 3.92. The predicted octanol–water partition coefficient (Wildman–Crippen LogP) is 2.77. The summed E-state index contributed by atoms with van der Waals surface area (Å²) in [6.07, 6.45) is 3.63. The first-order valence-electron chi connectivity index (χ1n) is 6.80. The smallest absolute Gasteiger partial charge is 0.179 e. The topological polar surface area (TPSA) is 48.3 Å². The molecule has 21 heavy (non-hydrogen) atoms. The van der Waals surface area contributed by atoms with Crippen LogP contribution in [0.25, 0.3) is 0 Å². The number of nitrogens with zero attached hydrogens (tertiary/aromatic N) is 2. The van der Waals surface area contributed by atoms with Gasteiger partial charge >= 0.3 is 0 Å². The van der Waals surface area contributed by atoms with Gasteiger partial charge in [-0.05, 0) is 24.6 Å². The fraction of sp³-hybridized carbons (Fsp3) is 0.400. The van der Waals surface area contributed by atoms with E-state index in [-0.39, 0.29) is 0 Å². The molecule has 0 aliphatic carbocycles. The van der Waals surface area contributed by atoms with Gasteiger partial charge in [-0.1, -0.05) is 11.6 Å². The number of rotatable bonds is 7. The predicted molar refractivity (Wildman–Crippen MR) is 82.9 cm³/mol. The van der Waals surface area contributed by atoms with Crippen LogP contribution in [0.5, 0.6) is 11.5 Å². The lowest BCUT2D eigenvalue weighted by Crippen LogP contribution is -2.15. The number of ether oxygens (including phenoxy) is 2. The van der Waals surface area contributed by atoms with Crippen molar-refractivity contribution >= 4 is 11.6 Å². The highest BCUT2D eigenvalue weighted by atomic mass is 35.5. The summed E-state index contributed by atoms with van der Waals surface area (Å²) in [6.45, 7) is 3.89. The Morgan fingerprint density at radius 2 is 2.14 bits per heavy atom. The first-order valence-corrected chi connectivity index (χ1v) is 7.18. The number of imidazole rings is 1. The van der Waals surface area contributed by atoms with E-state index in [1.807, 2.05) is 36.9 Å². The second-order valence-corrected chi connectivity index (χ2v) is 5.05. The van der Waals surface area contributed by atoms with Crippen LogP contribution in [0, 0.1) is 0 Å². The minimum Gasteiger partial charge on any atom is -0.493 e. The summed E-state index contributed by atoms with van der Waals surface area (Å²) in [7, 11) is 3.59. The molecule has 5 nitrogen and oxygen atoms in total. The van der Waals surface area contributed by atoms with Crippen molar-refractivity contribution in [3.05, 3.63) is 40.9 Å². The second kappa shape index (κ2) is 7.33. The molecule has 0 spiro atoms. The Bertz CT molecular complexity index is 599. The van der Waals surface area contributed by atoms with Gasteiger partial charge in [0.15, 0.2) is 11.5 Å². The molecule has 0 aliphatic rings. The summed E-state index contributed by atoms with van der Waals surface area (Å²) in [6, 6.07) is 3.83. The van der Waals surface area contributed by atoms with Gasteiger partial charge in [-0.25, -0.2) is 4.98 Å². The number of hydrogen-bond acceptors (Lipinski definition) is 4. The summed E-state index contributed by atoms with van der Waals surface area (Å²) in [5.41, 5.74) is 2.17. The zero-order valence-electron chi connectivity index (χ0n) is 12.5. The van der Waals surface area contributed by atoms with Gasteiger partial charge in [-0.15, -0.1) is 0 Å². The molecule has 0 saturated heterocycles. The standard InChI is InChI=1S/C15H20ClN3O2/c1-4-21-15-13(16)5-11(6-14(15)20-3)7-17-8-12-9-18-10-19(12)2/h5-6,9-10,17H,4,7-8H2,1-3H3. The zero-order valence-corrected chi connectivity index (χ0v) is 13.3. The minimum absolute atomic E-state index is 0.550. The summed E-state index contributed by atoms with van der Waals surface area (Å²) < 4.78 is 12.8. The van der Waals surface area contributed by atoms with Crippen molar-refractivity contribution in [2.45, 2.75) is 20.0 Å². The van der Waals surface area contributed by atoms with Crippen molar-refractivity contribution in [1.29, 1.82) is 0 Å². The fourth-order valence-corrected chi connectivity index (χ4v) is 2.34. The van der Waals surface area contributed by atoms with Gasteiger partial charge in [0.2, 0.25) is 0 Å². The Morgan fingerprint density at radius 3 is 2.76 bits per heavy atom. The monoisotopic (exact) mass is 309 g/mol. The van der Waals surface area contributed by atoms with Gasteiger partial charge in [0.25, 0.3) is 0 Å². The molecule has 1 aromatic carbocycles. The second-order valence-electron chi connectivity index (χ2n) is 4.64. The maximum absolute atomic E-state index is 6.25. The molecule has 0 unspecified atom stereocenters. The van der Waals surface area contributed by atoms with Gasteiger partial charge in [0.05, 0.1) is 30.8 Å². The Balaban J connectivity index is 2.03. The van der Waals surface area contributed by atoms with Crippen molar-refractivity contribution < 1.29 is 9.47 Å². The largest absolute Gasteiger partial charge is 0.493 e. The van der Waals surface area contributed by atoms with Crippen LogP contribution in [0.1, 0.15) is 18.2 Å². The maximum atomic E-state index is 6.25. The molecule has 114 valence electrons. The van der Waals surface area contributed by atoms with Crippen molar-refractivity contribution in [2.24, 2.45) is 7.05 Å². The van der Waals surface area contributed by atoms with E-state index < -0.39 is 0 Å². The summed E-state index contributed by atoms with van der Waals surface area (Å²) in [4.78, 5) is 4.09. The van der Waals surface area contributed by atoms with Crippen LogP contribution in [-0.4, -0.2) is 23.3 Å². The molecule has 0 bridgehead atoms. The molecular weight excluding hydrogens is 290 g/mol. The number of halogens is 1. The molecule has 1 N–H and O–H groups in total. The number of benzene rings is 1. The number of aryl methyl sites for hydroxylation is 1. The van der Waals surface area contributed by atoms with Crippen LogP contribution in [0.2, 0.25) is 5.02 Å². The van der Waals surface area contributed by atoms with Gasteiger partial charge in [0, 0.05) is 26.3 Å². The highest BCUT2D eigenvalue weighted by Crippen LogP contribution is 2.36. The molecule has 1 heterocycles. The molecule has 0 radical (unpaired) electrons.